The predicted molar refractivity (Wildman–Crippen MR) is 275 cm³/mol. The molecule has 0 aliphatic carbocycles. The van der Waals surface area contributed by atoms with Gasteiger partial charge in [-0.05, 0) is 64.2 Å². The number of carbonyl (C=O) groups is 2. The molecule has 0 rings (SSSR count). The first-order valence-corrected chi connectivity index (χ1v) is 29.3. The predicted octanol–water partition coefficient (Wildman–Crippen LogP) is 16.7. The van der Waals surface area contributed by atoms with Gasteiger partial charge in [-0.15, -0.1) is 0 Å². The highest BCUT2D eigenvalue weighted by Gasteiger charge is 2.23. The van der Waals surface area contributed by atoms with Crippen LogP contribution in [0.3, 0.4) is 0 Å². The molecule has 0 saturated carbocycles. The largest absolute Gasteiger partial charge is 0.472 e. The Hall–Kier alpha value is -1.51. The Morgan fingerprint density at radius 2 is 0.785 bits per heavy atom. The molecule has 0 aromatic heterocycles. The maximum atomic E-state index is 12.2. The van der Waals surface area contributed by atoms with E-state index in [1.165, 1.54) is 218 Å². The molecule has 65 heavy (non-hydrogen) atoms. The fourth-order valence-corrected chi connectivity index (χ4v) is 8.90. The van der Waals surface area contributed by atoms with Gasteiger partial charge in [0.05, 0.1) is 13.2 Å². The number of ether oxygens (including phenoxy) is 1. The molecular weight excluding hydrogens is 834 g/mol. The van der Waals surface area contributed by atoms with Crippen molar-refractivity contribution in [2.45, 2.75) is 290 Å². The lowest BCUT2D eigenvalue weighted by Crippen LogP contribution is -2.27. The van der Waals surface area contributed by atoms with Crippen LogP contribution in [0.5, 0.6) is 0 Å². The Morgan fingerprint density at radius 1 is 0.462 bits per heavy atom. The van der Waals surface area contributed by atoms with Gasteiger partial charge in [-0.3, -0.25) is 18.6 Å². The Bertz CT molecular complexity index is 1120. The number of amides is 1. The maximum absolute atomic E-state index is 12.2. The van der Waals surface area contributed by atoms with E-state index >= 15 is 0 Å². The highest BCUT2D eigenvalue weighted by molar-refractivity contribution is 7.47. The zero-order chi connectivity index (χ0) is 47.4. The molecule has 0 aromatic rings. The van der Waals surface area contributed by atoms with Gasteiger partial charge in [-0.2, -0.15) is 0 Å². The minimum Gasteiger partial charge on any atom is -0.463 e. The second-order valence-corrected chi connectivity index (χ2v) is 20.4. The van der Waals surface area contributed by atoms with Crippen molar-refractivity contribution in [2.75, 3.05) is 26.4 Å². The lowest BCUT2D eigenvalue weighted by atomic mass is 10.0. The van der Waals surface area contributed by atoms with E-state index in [2.05, 4.69) is 43.5 Å². The van der Waals surface area contributed by atoms with Crippen LogP contribution in [0.2, 0.25) is 0 Å². The van der Waals surface area contributed by atoms with Crippen LogP contribution in [0.1, 0.15) is 284 Å². The minimum atomic E-state index is -4.42. The lowest BCUT2D eigenvalue weighted by molar-refractivity contribution is -0.147. The van der Waals surface area contributed by atoms with E-state index in [9.17, 15) is 24.2 Å². The molecule has 2 unspecified atom stereocenters. The number of esters is 1. The van der Waals surface area contributed by atoms with Crippen molar-refractivity contribution in [1.82, 2.24) is 5.32 Å². The van der Waals surface area contributed by atoms with E-state index in [-0.39, 0.29) is 32.1 Å². The van der Waals surface area contributed by atoms with Crippen molar-refractivity contribution in [3.8, 4) is 0 Å². The smallest absolute Gasteiger partial charge is 0.463 e. The number of aliphatic hydroxyl groups excluding tert-OH is 1. The summed E-state index contributed by atoms with van der Waals surface area (Å²) in [7, 11) is -4.42. The standard InChI is InChI=1S/C55H106NO8P/c1-3-5-7-9-11-13-15-17-19-21-23-25-26-28-29-31-33-35-37-39-41-43-45-47-54(58)56-49-50-63-65(60,61)64-52-53(57)51-62-55(59)48-46-44-42-40-38-36-34-32-30-27-24-22-20-18-16-14-12-10-8-6-4-2/h17-20,53,57H,3-16,21-52H2,1-2H3,(H,56,58)(H,60,61)/b19-17+,20-18+. The molecule has 0 spiro atoms. The molecule has 0 radical (unpaired) electrons. The quantitative estimate of drug-likeness (QED) is 0.0238. The Morgan fingerprint density at radius 3 is 1.15 bits per heavy atom. The first-order valence-electron chi connectivity index (χ1n) is 27.8. The molecule has 0 heterocycles. The van der Waals surface area contributed by atoms with Gasteiger partial charge < -0.3 is 20.1 Å². The van der Waals surface area contributed by atoms with Crippen LogP contribution in [-0.2, 0) is 27.9 Å². The first-order chi connectivity index (χ1) is 31.8. The van der Waals surface area contributed by atoms with Crippen LogP contribution in [0.4, 0.5) is 0 Å². The number of hydrogen-bond donors (Lipinski definition) is 3. The summed E-state index contributed by atoms with van der Waals surface area (Å²) in [6, 6.07) is 0. The second kappa shape index (κ2) is 51.9. The summed E-state index contributed by atoms with van der Waals surface area (Å²) in [6.45, 7) is 3.60. The highest BCUT2D eigenvalue weighted by Crippen LogP contribution is 2.42. The van der Waals surface area contributed by atoms with Crippen LogP contribution < -0.4 is 5.32 Å². The zero-order valence-corrected chi connectivity index (χ0v) is 43.6. The van der Waals surface area contributed by atoms with E-state index < -0.39 is 26.5 Å². The van der Waals surface area contributed by atoms with E-state index in [1.807, 2.05) is 0 Å². The molecule has 0 fully saturated rings. The van der Waals surface area contributed by atoms with E-state index in [4.69, 9.17) is 13.8 Å². The lowest BCUT2D eigenvalue weighted by Gasteiger charge is -2.15. The first kappa shape index (κ1) is 63.5. The number of phosphoric acid groups is 1. The fourth-order valence-electron chi connectivity index (χ4n) is 8.14. The van der Waals surface area contributed by atoms with Gasteiger partial charge in [-0.1, -0.05) is 231 Å². The van der Waals surface area contributed by atoms with Crippen LogP contribution in [-0.4, -0.2) is 54.3 Å². The normalized spacial score (nSPS) is 13.2. The van der Waals surface area contributed by atoms with E-state index in [1.54, 1.807) is 0 Å². The average Bonchev–Trinajstić information content (AvgIpc) is 3.29. The Kier molecular flexibility index (Phi) is 50.7. The number of nitrogens with one attached hydrogen (secondary N) is 1. The molecule has 0 saturated heterocycles. The Labute approximate surface area is 401 Å². The van der Waals surface area contributed by atoms with Crippen molar-refractivity contribution < 1.29 is 37.9 Å². The van der Waals surface area contributed by atoms with Gasteiger partial charge in [0.1, 0.15) is 12.7 Å². The van der Waals surface area contributed by atoms with Gasteiger partial charge in [0, 0.05) is 19.4 Å². The van der Waals surface area contributed by atoms with Gasteiger partial charge in [0.15, 0.2) is 0 Å². The molecule has 3 N–H and O–H groups in total. The van der Waals surface area contributed by atoms with Gasteiger partial charge in [0.25, 0.3) is 0 Å². The van der Waals surface area contributed by atoms with Crippen molar-refractivity contribution in [3.63, 3.8) is 0 Å². The topological polar surface area (TPSA) is 131 Å². The van der Waals surface area contributed by atoms with Crippen LogP contribution in [0, 0.1) is 0 Å². The minimum absolute atomic E-state index is 0.0848. The van der Waals surface area contributed by atoms with Crippen LogP contribution in [0.15, 0.2) is 24.3 Å². The van der Waals surface area contributed by atoms with Crippen molar-refractivity contribution >= 4 is 19.7 Å². The molecule has 0 aliphatic heterocycles. The zero-order valence-electron chi connectivity index (χ0n) is 42.7. The molecule has 1 amide bonds. The number of carbonyl (C=O) groups excluding carboxylic acids is 2. The number of allylic oxidation sites excluding steroid dienone is 4. The molecule has 2 atom stereocenters. The third kappa shape index (κ3) is 53.3. The highest BCUT2D eigenvalue weighted by atomic mass is 31.2. The molecule has 0 aliphatic rings. The fraction of sp³-hybridized carbons (Fsp3) is 0.891. The maximum Gasteiger partial charge on any atom is 0.472 e. The van der Waals surface area contributed by atoms with Gasteiger partial charge in [-0.25, -0.2) is 4.57 Å². The summed E-state index contributed by atoms with van der Waals surface area (Å²) >= 11 is 0. The summed E-state index contributed by atoms with van der Waals surface area (Å²) in [5.41, 5.74) is 0. The SMILES string of the molecule is CCCCCCCC/C=C/CCCCCCCCCCCCCCCC(=O)NCCOP(=O)(O)OCC(O)COC(=O)CCCCCCCCCCCCC/C=C/CCCCCCCC. The number of hydrogen-bond acceptors (Lipinski definition) is 7. The molecular formula is C55H106NO8P. The van der Waals surface area contributed by atoms with Crippen molar-refractivity contribution in [1.29, 1.82) is 0 Å². The van der Waals surface area contributed by atoms with E-state index in [0.717, 1.165) is 38.5 Å². The summed E-state index contributed by atoms with van der Waals surface area (Å²) in [4.78, 5) is 34.1. The second-order valence-electron chi connectivity index (χ2n) is 18.9. The molecule has 0 bridgehead atoms. The monoisotopic (exact) mass is 940 g/mol. The van der Waals surface area contributed by atoms with Crippen LogP contribution in [0.25, 0.3) is 0 Å². The summed E-state index contributed by atoms with van der Waals surface area (Å²) < 4.78 is 27.0. The van der Waals surface area contributed by atoms with Crippen LogP contribution >= 0.6 is 7.82 Å². The summed E-state index contributed by atoms with van der Waals surface area (Å²) in [5, 5.41) is 12.8. The summed E-state index contributed by atoms with van der Waals surface area (Å²) in [5.74, 6) is -0.505. The van der Waals surface area contributed by atoms with Gasteiger partial charge in [0.2, 0.25) is 5.91 Å². The van der Waals surface area contributed by atoms with Crippen molar-refractivity contribution in [2.24, 2.45) is 0 Å². The molecule has 0 aromatic carbocycles. The molecule has 9 nitrogen and oxygen atoms in total. The van der Waals surface area contributed by atoms with E-state index in [0.29, 0.717) is 6.42 Å². The summed E-state index contributed by atoms with van der Waals surface area (Å²) in [6.07, 6.45) is 59.8. The number of unbranched alkanes of at least 4 members (excludes halogenated alkanes) is 36. The number of phosphoric ester groups is 1. The third-order valence-corrected chi connectivity index (χ3v) is 13.3. The van der Waals surface area contributed by atoms with Crippen molar-refractivity contribution in [3.05, 3.63) is 24.3 Å². The molecule has 10 heteroatoms. The third-order valence-electron chi connectivity index (χ3n) is 12.4. The van der Waals surface area contributed by atoms with Gasteiger partial charge >= 0.3 is 13.8 Å². The number of aliphatic hydroxyl groups is 1. The average molecular weight is 940 g/mol. The number of rotatable bonds is 53. The molecule has 384 valence electrons. The Balaban J connectivity index is 3.51.